The lowest BCUT2D eigenvalue weighted by Crippen LogP contribution is -2.11. The van der Waals surface area contributed by atoms with E-state index < -0.39 is 0 Å². The number of aryl methyl sites for hydroxylation is 1. The van der Waals surface area contributed by atoms with Gasteiger partial charge in [0.2, 0.25) is 0 Å². The minimum Gasteiger partial charge on any atom is -0.497 e. The van der Waals surface area contributed by atoms with E-state index >= 15 is 0 Å². The highest BCUT2D eigenvalue weighted by Gasteiger charge is 2.33. The van der Waals surface area contributed by atoms with Crippen LogP contribution in [0.15, 0.2) is 77.2 Å². The van der Waals surface area contributed by atoms with Crippen molar-refractivity contribution < 1.29 is 13.9 Å². The molecule has 2 heterocycles. The predicted molar refractivity (Wildman–Crippen MR) is 107 cm³/mol. The highest BCUT2D eigenvalue weighted by Crippen LogP contribution is 2.49. The molecule has 3 aromatic carbocycles. The van der Waals surface area contributed by atoms with Gasteiger partial charge in [-0.25, -0.2) is 4.98 Å². The van der Waals surface area contributed by atoms with Crippen molar-refractivity contribution in [2.75, 3.05) is 7.11 Å². The molecule has 0 spiro atoms. The number of methoxy groups -OCH3 is 1. The van der Waals surface area contributed by atoms with Gasteiger partial charge in [0.15, 0.2) is 5.89 Å². The van der Waals surface area contributed by atoms with Crippen LogP contribution in [0.3, 0.4) is 0 Å². The Labute approximate surface area is 163 Å². The zero-order valence-corrected chi connectivity index (χ0v) is 15.7. The monoisotopic (exact) mass is 369 g/mol. The minimum absolute atomic E-state index is 0.0838. The number of oxazole rings is 1. The van der Waals surface area contributed by atoms with Crippen LogP contribution in [0.4, 0.5) is 0 Å². The van der Waals surface area contributed by atoms with Crippen molar-refractivity contribution in [1.82, 2.24) is 4.98 Å². The largest absolute Gasteiger partial charge is 0.497 e. The van der Waals surface area contributed by atoms with Crippen LogP contribution in [-0.2, 0) is 0 Å². The second-order valence-electron chi connectivity index (χ2n) is 6.78. The second-order valence-corrected chi connectivity index (χ2v) is 6.78. The van der Waals surface area contributed by atoms with Crippen molar-refractivity contribution in [3.63, 3.8) is 0 Å². The zero-order valence-electron chi connectivity index (χ0n) is 15.7. The molecule has 0 bridgehead atoms. The summed E-state index contributed by atoms with van der Waals surface area (Å²) in [5.74, 6) is 3.89. The zero-order chi connectivity index (χ0) is 19.1. The molecule has 0 saturated heterocycles. The Bertz CT molecular complexity index is 1100. The molecule has 0 saturated carbocycles. The predicted octanol–water partition coefficient (Wildman–Crippen LogP) is 5.94. The molecule has 0 radical (unpaired) electrons. The Morgan fingerprint density at radius 3 is 2.04 bits per heavy atom. The lowest BCUT2D eigenvalue weighted by atomic mass is 9.84. The average Bonchev–Trinajstić information content (AvgIpc) is 3.13. The van der Waals surface area contributed by atoms with Crippen LogP contribution in [0, 0.1) is 6.92 Å². The van der Waals surface area contributed by atoms with Gasteiger partial charge in [0.1, 0.15) is 28.7 Å². The molecule has 1 aromatic heterocycles. The van der Waals surface area contributed by atoms with Gasteiger partial charge in [-0.05, 0) is 36.4 Å². The topological polar surface area (TPSA) is 44.5 Å². The normalized spacial score (nSPS) is 12.8. The minimum atomic E-state index is -0.0838. The third kappa shape index (κ3) is 2.65. The van der Waals surface area contributed by atoms with Gasteiger partial charge in [-0.15, -0.1) is 0 Å². The molecule has 0 fully saturated rings. The van der Waals surface area contributed by atoms with Gasteiger partial charge >= 0.3 is 0 Å². The second kappa shape index (κ2) is 6.57. The van der Waals surface area contributed by atoms with E-state index in [1.165, 1.54) is 0 Å². The summed E-state index contributed by atoms with van der Waals surface area (Å²) in [5.41, 5.74) is 3.99. The third-order valence-electron chi connectivity index (χ3n) is 5.07. The van der Waals surface area contributed by atoms with Crippen molar-refractivity contribution >= 4 is 0 Å². The van der Waals surface area contributed by atoms with Crippen LogP contribution < -0.4 is 9.47 Å². The van der Waals surface area contributed by atoms with Gasteiger partial charge in [0.05, 0.1) is 13.0 Å². The van der Waals surface area contributed by atoms with Gasteiger partial charge in [0.25, 0.3) is 0 Å². The van der Waals surface area contributed by atoms with Crippen LogP contribution in [0.2, 0.25) is 0 Å². The molecule has 4 nitrogen and oxygen atoms in total. The molecule has 0 unspecified atom stereocenters. The van der Waals surface area contributed by atoms with E-state index in [2.05, 4.69) is 12.1 Å². The van der Waals surface area contributed by atoms with E-state index in [1.807, 2.05) is 67.6 Å². The summed E-state index contributed by atoms with van der Waals surface area (Å²) < 4.78 is 17.6. The van der Waals surface area contributed by atoms with Crippen LogP contribution >= 0.6 is 0 Å². The quantitative estimate of drug-likeness (QED) is 0.394. The summed E-state index contributed by atoms with van der Waals surface area (Å²) in [6.45, 7) is 1.88. The molecule has 0 amide bonds. The molecule has 4 heteroatoms. The molecule has 138 valence electrons. The van der Waals surface area contributed by atoms with Crippen LogP contribution in [0.25, 0.3) is 11.3 Å². The average molecular weight is 369 g/mol. The number of hydrogen-bond acceptors (Lipinski definition) is 4. The van der Waals surface area contributed by atoms with Crippen LogP contribution in [0.5, 0.6) is 17.2 Å². The third-order valence-corrected chi connectivity index (χ3v) is 5.07. The number of aromatic nitrogens is 1. The van der Waals surface area contributed by atoms with Gasteiger partial charge in [-0.2, -0.15) is 0 Å². The van der Waals surface area contributed by atoms with Gasteiger partial charge in [-0.3, -0.25) is 0 Å². The van der Waals surface area contributed by atoms with E-state index in [4.69, 9.17) is 18.9 Å². The number of benzene rings is 3. The highest BCUT2D eigenvalue weighted by atomic mass is 16.5. The van der Waals surface area contributed by atoms with Crippen molar-refractivity contribution in [3.8, 4) is 28.5 Å². The summed E-state index contributed by atoms with van der Waals surface area (Å²) >= 11 is 0. The fraction of sp³-hybridized carbons (Fsp3) is 0.125. The molecule has 1 aliphatic rings. The lowest BCUT2D eigenvalue weighted by molar-refractivity contribution is 0.415. The van der Waals surface area contributed by atoms with E-state index in [1.54, 1.807) is 7.11 Å². The van der Waals surface area contributed by atoms with Gasteiger partial charge in [0, 0.05) is 23.6 Å². The van der Waals surface area contributed by atoms with Gasteiger partial charge < -0.3 is 13.9 Å². The molecule has 4 aromatic rings. The maximum absolute atomic E-state index is 6.18. The molecule has 1 aliphatic heterocycles. The number of nitrogens with zero attached hydrogens (tertiary/aromatic N) is 1. The van der Waals surface area contributed by atoms with Crippen molar-refractivity contribution in [2.24, 2.45) is 0 Å². The Hall–Kier alpha value is -3.53. The molecular weight excluding hydrogens is 350 g/mol. The Balaban J connectivity index is 1.72. The smallest absolute Gasteiger partial charge is 0.191 e. The maximum Gasteiger partial charge on any atom is 0.191 e. The fourth-order valence-electron chi connectivity index (χ4n) is 3.79. The molecular formula is C24H19NO3. The lowest BCUT2D eigenvalue weighted by Gasteiger charge is -2.27. The maximum atomic E-state index is 6.18. The van der Waals surface area contributed by atoms with Gasteiger partial charge in [-0.1, -0.05) is 36.4 Å². The summed E-state index contributed by atoms with van der Waals surface area (Å²) in [7, 11) is 1.66. The first-order valence-electron chi connectivity index (χ1n) is 9.22. The van der Waals surface area contributed by atoms with E-state index in [9.17, 15) is 0 Å². The number of hydrogen-bond donors (Lipinski definition) is 0. The number of para-hydroxylation sites is 2. The number of fused-ring (bicyclic) bond motifs is 2. The molecule has 0 atom stereocenters. The van der Waals surface area contributed by atoms with Crippen molar-refractivity contribution in [3.05, 3.63) is 95.6 Å². The number of rotatable bonds is 3. The summed E-state index contributed by atoms with van der Waals surface area (Å²) in [5, 5.41) is 0. The first-order chi connectivity index (χ1) is 13.7. The first kappa shape index (κ1) is 16.6. The standard InChI is InChI=1S/C24H19NO3/c1-15-25-23(16-11-13-17(26-2)14-12-16)24(27-15)22-18-7-3-5-9-20(18)28-21-10-6-4-8-19(21)22/h3-14,22H,1-2H3. The molecule has 0 N–H and O–H groups in total. The van der Waals surface area contributed by atoms with Crippen molar-refractivity contribution in [2.45, 2.75) is 12.8 Å². The SMILES string of the molecule is COc1ccc(-c2nc(C)oc2C2c3ccccc3Oc3ccccc32)cc1. The van der Waals surface area contributed by atoms with Crippen LogP contribution in [-0.4, -0.2) is 12.1 Å². The number of ether oxygens (including phenoxy) is 2. The Morgan fingerprint density at radius 1 is 0.821 bits per heavy atom. The Kier molecular flexibility index (Phi) is 3.90. The first-order valence-corrected chi connectivity index (χ1v) is 9.22. The van der Waals surface area contributed by atoms with Crippen LogP contribution in [0.1, 0.15) is 28.7 Å². The molecule has 28 heavy (non-hydrogen) atoms. The fourth-order valence-corrected chi connectivity index (χ4v) is 3.79. The van der Waals surface area contributed by atoms with Crippen molar-refractivity contribution in [1.29, 1.82) is 0 Å². The summed E-state index contributed by atoms with van der Waals surface area (Å²) in [6.07, 6.45) is 0. The summed E-state index contributed by atoms with van der Waals surface area (Å²) in [6, 6.07) is 24.1. The van der Waals surface area contributed by atoms with E-state index in [0.29, 0.717) is 5.89 Å². The van der Waals surface area contributed by atoms with E-state index in [-0.39, 0.29) is 5.92 Å². The summed E-state index contributed by atoms with van der Waals surface area (Å²) in [4.78, 5) is 4.71. The molecule has 0 aliphatic carbocycles. The Morgan fingerprint density at radius 2 is 1.43 bits per heavy atom. The highest BCUT2D eigenvalue weighted by molar-refractivity contribution is 5.67. The van der Waals surface area contributed by atoms with E-state index in [0.717, 1.165) is 45.4 Å². The molecule has 5 rings (SSSR count).